The van der Waals surface area contributed by atoms with Crippen LogP contribution in [0.1, 0.15) is 10.7 Å². The molecule has 6 heteroatoms. The molecule has 0 atom stereocenters. The molecule has 2 heterocycles. The Morgan fingerprint density at radius 1 is 1.32 bits per heavy atom. The van der Waals surface area contributed by atoms with Gasteiger partial charge in [0.05, 0.1) is 5.56 Å². The predicted molar refractivity (Wildman–Crippen MR) is 73.5 cm³/mol. The zero-order valence-corrected chi connectivity index (χ0v) is 11.3. The van der Waals surface area contributed by atoms with Crippen molar-refractivity contribution in [3.63, 3.8) is 0 Å². The van der Waals surface area contributed by atoms with Crippen molar-refractivity contribution in [3.05, 3.63) is 51.4 Å². The van der Waals surface area contributed by atoms with Crippen molar-refractivity contribution in [1.82, 2.24) is 10.1 Å². The summed E-state index contributed by atoms with van der Waals surface area (Å²) in [5.41, 5.74) is 0.442. The third-order valence-electron chi connectivity index (χ3n) is 2.57. The Morgan fingerprint density at radius 2 is 2.21 bits per heavy atom. The van der Waals surface area contributed by atoms with E-state index >= 15 is 0 Å². The lowest BCUT2D eigenvalue weighted by atomic mass is 10.2. The number of aromatic hydroxyl groups is 1. The van der Waals surface area contributed by atoms with E-state index in [2.05, 4.69) is 10.1 Å². The first-order chi connectivity index (χ1) is 9.22. The van der Waals surface area contributed by atoms with Crippen LogP contribution in [0, 0.1) is 0 Å². The van der Waals surface area contributed by atoms with Crippen LogP contribution in [0.3, 0.4) is 0 Å². The van der Waals surface area contributed by atoms with Crippen LogP contribution in [0.15, 0.2) is 40.2 Å². The molecule has 0 unspecified atom stereocenters. The minimum Gasteiger partial charge on any atom is -0.507 e. The molecular weight excluding hydrogens is 284 g/mol. The van der Waals surface area contributed by atoms with Crippen LogP contribution < -0.4 is 0 Å². The summed E-state index contributed by atoms with van der Waals surface area (Å²) in [6, 6.07) is 8.69. The number of aromatic nitrogens is 2. The predicted octanol–water partition coefficient (Wildman–Crippen LogP) is 3.75. The van der Waals surface area contributed by atoms with E-state index in [9.17, 15) is 5.11 Å². The van der Waals surface area contributed by atoms with Gasteiger partial charge in [-0.15, -0.1) is 11.3 Å². The molecule has 0 saturated heterocycles. The van der Waals surface area contributed by atoms with Gasteiger partial charge in [0, 0.05) is 16.3 Å². The van der Waals surface area contributed by atoms with Crippen LogP contribution in [0.4, 0.5) is 0 Å². The van der Waals surface area contributed by atoms with Crippen molar-refractivity contribution in [3.8, 4) is 17.2 Å². The highest BCUT2D eigenvalue weighted by Gasteiger charge is 2.13. The molecule has 0 aliphatic carbocycles. The molecule has 0 bridgehead atoms. The maximum atomic E-state index is 9.77. The lowest BCUT2D eigenvalue weighted by Gasteiger charge is -1.98. The highest BCUT2D eigenvalue weighted by Crippen LogP contribution is 2.30. The maximum absolute atomic E-state index is 9.77. The second-order valence-electron chi connectivity index (χ2n) is 3.93. The smallest absolute Gasteiger partial charge is 0.261 e. The molecule has 0 radical (unpaired) electrons. The summed E-state index contributed by atoms with van der Waals surface area (Å²) in [5, 5.41) is 16.2. The third-order valence-corrected chi connectivity index (χ3v) is 3.68. The van der Waals surface area contributed by atoms with Crippen molar-refractivity contribution in [2.24, 2.45) is 0 Å². The lowest BCUT2D eigenvalue weighted by molar-refractivity contribution is 0.418. The molecule has 0 spiro atoms. The van der Waals surface area contributed by atoms with Gasteiger partial charge in [0.2, 0.25) is 0 Å². The van der Waals surface area contributed by atoms with E-state index in [1.54, 1.807) is 23.5 Å². The molecular formula is C13H9ClN2O2S. The van der Waals surface area contributed by atoms with Gasteiger partial charge in [0.25, 0.3) is 5.89 Å². The number of thiophene rings is 1. The molecule has 0 fully saturated rings. The standard InChI is InChI=1S/C13H9ClN2O2S/c14-8-3-4-11(17)10(6-8)13-15-12(16-18-13)7-9-2-1-5-19-9/h1-6,17H,7H2. The SMILES string of the molecule is Oc1ccc(Cl)cc1-c1nc(Cc2cccs2)no1. The molecule has 2 aromatic heterocycles. The van der Waals surface area contributed by atoms with Crippen molar-refractivity contribution in [2.75, 3.05) is 0 Å². The van der Waals surface area contributed by atoms with E-state index in [4.69, 9.17) is 16.1 Å². The Kier molecular flexibility index (Phi) is 3.23. The number of hydrogen-bond donors (Lipinski definition) is 1. The molecule has 96 valence electrons. The zero-order valence-electron chi connectivity index (χ0n) is 9.71. The summed E-state index contributed by atoms with van der Waals surface area (Å²) in [5.74, 6) is 0.916. The molecule has 0 amide bonds. The second kappa shape index (κ2) is 5.03. The molecule has 0 saturated carbocycles. The molecule has 1 aromatic carbocycles. The number of halogens is 1. The summed E-state index contributed by atoms with van der Waals surface area (Å²) in [4.78, 5) is 5.42. The van der Waals surface area contributed by atoms with E-state index in [-0.39, 0.29) is 11.6 Å². The first kappa shape index (κ1) is 12.2. The van der Waals surface area contributed by atoms with E-state index in [0.717, 1.165) is 4.88 Å². The van der Waals surface area contributed by atoms with Gasteiger partial charge < -0.3 is 9.63 Å². The lowest BCUT2D eigenvalue weighted by Crippen LogP contribution is -1.87. The summed E-state index contributed by atoms with van der Waals surface area (Å²) in [6.07, 6.45) is 0.614. The van der Waals surface area contributed by atoms with Crippen LogP contribution in [-0.2, 0) is 6.42 Å². The molecule has 0 aliphatic rings. The van der Waals surface area contributed by atoms with Gasteiger partial charge in [-0.25, -0.2) is 0 Å². The zero-order chi connectivity index (χ0) is 13.2. The van der Waals surface area contributed by atoms with Gasteiger partial charge >= 0.3 is 0 Å². The van der Waals surface area contributed by atoms with Crippen LogP contribution in [0.25, 0.3) is 11.5 Å². The van der Waals surface area contributed by atoms with E-state index in [1.807, 2.05) is 17.5 Å². The minimum atomic E-state index is 0.0655. The number of benzene rings is 1. The number of rotatable bonds is 3. The quantitative estimate of drug-likeness (QED) is 0.799. The highest BCUT2D eigenvalue weighted by molar-refractivity contribution is 7.09. The average molecular weight is 293 g/mol. The van der Waals surface area contributed by atoms with Crippen LogP contribution in [-0.4, -0.2) is 15.2 Å². The molecule has 19 heavy (non-hydrogen) atoms. The Hall–Kier alpha value is -1.85. The summed E-state index contributed by atoms with van der Waals surface area (Å²) < 4.78 is 5.16. The second-order valence-corrected chi connectivity index (χ2v) is 5.40. The molecule has 1 N–H and O–H groups in total. The van der Waals surface area contributed by atoms with E-state index in [0.29, 0.717) is 22.8 Å². The number of phenols is 1. The fourth-order valence-electron chi connectivity index (χ4n) is 1.68. The Balaban J connectivity index is 1.90. The first-order valence-electron chi connectivity index (χ1n) is 5.56. The van der Waals surface area contributed by atoms with E-state index < -0.39 is 0 Å². The topological polar surface area (TPSA) is 59.2 Å². The van der Waals surface area contributed by atoms with Crippen molar-refractivity contribution in [1.29, 1.82) is 0 Å². The number of hydrogen-bond acceptors (Lipinski definition) is 5. The van der Waals surface area contributed by atoms with Gasteiger partial charge in [0.1, 0.15) is 5.75 Å². The fourth-order valence-corrected chi connectivity index (χ4v) is 2.56. The monoisotopic (exact) mass is 292 g/mol. The van der Waals surface area contributed by atoms with Gasteiger partial charge in [-0.1, -0.05) is 22.8 Å². The minimum absolute atomic E-state index is 0.0655. The third kappa shape index (κ3) is 2.62. The Morgan fingerprint density at radius 3 is 3.00 bits per heavy atom. The number of phenolic OH excluding ortho intramolecular Hbond substituents is 1. The van der Waals surface area contributed by atoms with E-state index in [1.165, 1.54) is 6.07 Å². The Bertz CT molecular complexity index is 694. The van der Waals surface area contributed by atoms with Crippen molar-refractivity contribution in [2.45, 2.75) is 6.42 Å². The molecule has 3 rings (SSSR count). The normalized spacial score (nSPS) is 10.8. The van der Waals surface area contributed by atoms with Crippen molar-refractivity contribution < 1.29 is 9.63 Å². The summed E-state index contributed by atoms with van der Waals surface area (Å²) in [7, 11) is 0. The number of nitrogens with zero attached hydrogens (tertiary/aromatic N) is 2. The van der Waals surface area contributed by atoms with Crippen LogP contribution in [0.5, 0.6) is 5.75 Å². The maximum Gasteiger partial charge on any atom is 0.261 e. The fraction of sp³-hybridized carbons (Fsp3) is 0.0769. The van der Waals surface area contributed by atoms with Gasteiger partial charge in [-0.3, -0.25) is 0 Å². The first-order valence-corrected chi connectivity index (χ1v) is 6.82. The van der Waals surface area contributed by atoms with Gasteiger partial charge in [0.15, 0.2) is 5.82 Å². The van der Waals surface area contributed by atoms with Gasteiger partial charge in [-0.2, -0.15) is 4.98 Å². The summed E-state index contributed by atoms with van der Waals surface area (Å²) >= 11 is 7.53. The van der Waals surface area contributed by atoms with Crippen molar-refractivity contribution >= 4 is 22.9 Å². The highest BCUT2D eigenvalue weighted by atomic mass is 35.5. The van der Waals surface area contributed by atoms with Gasteiger partial charge in [-0.05, 0) is 29.6 Å². The average Bonchev–Trinajstić information content (AvgIpc) is 3.04. The molecule has 0 aliphatic heterocycles. The van der Waals surface area contributed by atoms with Crippen LogP contribution in [0.2, 0.25) is 5.02 Å². The molecule has 4 nitrogen and oxygen atoms in total. The summed E-state index contributed by atoms with van der Waals surface area (Å²) in [6.45, 7) is 0. The largest absolute Gasteiger partial charge is 0.507 e. The molecule has 3 aromatic rings. The van der Waals surface area contributed by atoms with Crippen LogP contribution >= 0.6 is 22.9 Å². The Labute approximate surface area is 118 Å².